The van der Waals surface area contributed by atoms with Crippen molar-refractivity contribution in [3.63, 3.8) is 0 Å². The summed E-state index contributed by atoms with van der Waals surface area (Å²) in [6.07, 6.45) is 3.59. The first-order chi connectivity index (χ1) is 9.11. The standard InChI is InChI=1S/C15H19BrClNO/c1-18(8-10-4-13(16)5-10)9-12-7-14(17)6-11-2-3-19-15(11)12/h6-7,10,13H,2-5,8-9H2,1H3. The first-order valence-corrected chi connectivity index (χ1v) is 8.18. The SMILES string of the molecule is CN(Cc1cc(Cl)cc2c1OCC2)CC1CC(Br)C1. The van der Waals surface area contributed by atoms with Gasteiger partial charge in [0.15, 0.2) is 0 Å². The third-order valence-corrected chi connectivity index (χ3v) is 4.98. The summed E-state index contributed by atoms with van der Waals surface area (Å²) >= 11 is 9.85. The van der Waals surface area contributed by atoms with Crippen molar-refractivity contribution in [2.75, 3.05) is 20.2 Å². The Balaban J connectivity index is 1.66. The van der Waals surface area contributed by atoms with Crippen molar-refractivity contribution in [3.05, 3.63) is 28.3 Å². The average Bonchev–Trinajstić information content (AvgIpc) is 2.74. The van der Waals surface area contributed by atoms with Gasteiger partial charge in [0.25, 0.3) is 0 Å². The van der Waals surface area contributed by atoms with Gasteiger partial charge in [0, 0.05) is 34.9 Å². The average molecular weight is 345 g/mol. The number of nitrogens with zero attached hydrogens (tertiary/aromatic N) is 1. The number of fused-ring (bicyclic) bond motifs is 1. The van der Waals surface area contributed by atoms with Gasteiger partial charge in [-0.15, -0.1) is 0 Å². The Bertz CT molecular complexity index is 473. The molecule has 1 aliphatic carbocycles. The van der Waals surface area contributed by atoms with Crippen molar-refractivity contribution in [2.24, 2.45) is 5.92 Å². The number of benzene rings is 1. The molecule has 0 amide bonds. The number of rotatable bonds is 4. The molecule has 2 aliphatic rings. The minimum Gasteiger partial charge on any atom is -0.493 e. The van der Waals surface area contributed by atoms with Crippen LogP contribution in [-0.4, -0.2) is 29.9 Å². The van der Waals surface area contributed by atoms with Crippen LogP contribution in [0.1, 0.15) is 24.0 Å². The lowest BCUT2D eigenvalue weighted by atomic mass is 9.85. The van der Waals surface area contributed by atoms with Gasteiger partial charge >= 0.3 is 0 Å². The lowest BCUT2D eigenvalue weighted by Crippen LogP contribution is -2.34. The van der Waals surface area contributed by atoms with Gasteiger partial charge in [-0.25, -0.2) is 0 Å². The molecule has 0 atom stereocenters. The zero-order valence-corrected chi connectivity index (χ0v) is 13.5. The molecule has 0 unspecified atom stereocenters. The summed E-state index contributed by atoms with van der Waals surface area (Å²) in [7, 11) is 2.18. The molecule has 2 nitrogen and oxygen atoms in total. The van der Waals surface area contributed by atoms with Crippen molar-refractivity contribution in [2.45, 2.75) is 30.6 Å². The summed E-state index contributed by atoms with van der Waals surface area (Å²) < 4.78 is 5.76. The van der Waals surface area contributed by atoms with Crippen LogP contribution >= 0.6 is 27.5 Å². The zero-order chi connectivity index (χ0) is 13.4. The maximum absolute atomic E-state index is 6.20. The fourth-order valence-corrected chi connectivity index (χ4v) is 4.38. The lowest BCUT2D eigenvalue weighted by Gasteiger charge is -2.34. The van der Waals surface area contributed by atoms with Gasteiger partial charge in [-0.2, -0.15) is 0 Å². The van der Waals surface area contributed by atoms with Crippen LogP contribution < -0.4 is 4.74 Å². The molecule has 0 saturated heterocycles. The molecular weight excluding hydrogens is 326 g/mol. The molecule has 0 N–H and O–H groups in total. The van der Waals surface area contributed by atoms with E-state index in [1.165, 1.54) is 24.0 Å². The molecule has 1 heterocycles. The molecular formula is C15H19BrClNO. The number of hydrogen-bond donors (Lipinski definition) is 0. The van der Waals surface area contributed by atoms with Gasteiger partial charge < -0.3 is 9.64 Å². The van der Waals surface area contributed by atoms with E-state index in [4.69, 9.17) is 16.3 Å². The Morgan fingerprint density at radius 3 is 2.95 bits per heavy atom. The maximum Gasteiger partial charge on any atom is 0.127 e. The number of hydrogen-bond acceptors (Lipinski definition) is 2. The molecule has 1 aromatic rings. The minimum absolute atomic E-state index is 0.740. The van der Waals surface area contributed by atoms with Crippen LogP contribution in [0.3, 0.4) is 0 Å². The Labute approximate surface area is 128 Å². The van der Waals surface area contributed by atoms with Crippen molar-refractivity contribution in [3.8, 4) is 5.75 Å². The Kier molecular flexibility index (Phi) is 4.06. The van der Waals surface area contributed by atoms with E-state index in [2.05, 4.69) is 33.9 Å². The predicted molar refractivity (Wildman–Crippen MR) is 82.4 cm³/mol. The second-order valence-corrected chi connectivity index (χ2v) is 7.51. The van der Waals surface area contributed by atoms with Crippen LogP contribution in [0.25, 0.3) is 0 Å². The van der Waals surface area contributed by atoms with Crippen LogP contribution in [0.2, 0.25) is 5.02 Å². The highest BCUT2D eigenvalue weighted by Crippen LogP contribution is 2.36. The van der Waals surface area contributed by atoms with E-state index in [0.717, 1.165) is 47.6 Å². The van der Waals surface area contributed by atoms with Crippen LogP contribution in [0.5, 0.6) is 5.75 Å². The van der Waals surface area contributed by atoms with Crippen molar-refractivity contribution < 1.29 is 4.74 Å². The van der Waals surface area contributed by atoms with Gasteiger partial charge in [-0.1, -0.05) is 27.5 Å². The van der Waals surface area contributed by atoms with E-state index in [1.807, 2.05) is 6.07 Å². The third kappa shape index (κ3) is 3.09. The first kappa shape index (κ1) is 13.7. The minimum atomic E-state index is 0.740. The van der Waals surface area contributed by atoms with E-state index in [1.54, 1.807) is 0 Å². The molecule has 0 aromatic heterocycles. The van der Waals surface area contributed by atoms with E-state index in [9.17, 15) is 0 Å². The third-order valence-electron chi connectivity index (χ3n) is 4.01. The van der Waals surface area contributed by atoms with E-state index in [0.29, 0.717) is 0 Å². The Morgan fingerprint density at radius 1 is 1.42 bits per heavy atom. The summed E-state index contributed by atoms with van der Waals surface area (Å²) in [6.45, 7) is 2.87. The highest BCUT2D eigenvalue weighted by Gasteiger charge is 2.28. The summed E-state index contributed by atoms with van der Waals surface area (Å²) in [5.74, 6) is 1.91. The molecule has 0 radical (unpaired) electrons. The fourth-order valence-electron chi connectivity index (χ4n) is 3.06. The van der Waals surface area contributed by atoms with Crippen LogP contribution in [0.4, 0.5) is 0 Å². The van der Waals surface area contributed by atoms with Crippen LogP contribution in [-0.2, 0) is 13.0 Å². The molecule has 4 heteroatoms. The predicted octanol–water partition coefficient (Wildman–Crippen LogP) is 3.88. The second-order valence-electron chi connectivity index (χ2n) is 5.78. The Morgan fingerprint density at radius 2 is 2.21 bits per heavy atom. The van der Waals surface area contributed by atoms with Crippen molar-refractivity contribution in [1.82, 2.24) is 4.90 Å². The van der Waals surface area contributed by atoms with E-state index < -0.39 is 0 Å². The second kappa shape index (κ2) is 5.63. The zero-order valence-electron chi connectivity index (χ0n) is 11.2. The quantitative estimate of drug-likeness (QED) is 0.769. The molecule has 1 saturated carbocycles. The highest BCUT2D eigenvalue weighted by molar-refractivity contribution is 9.09. The smallest absolute Gasteiger partial charge is 0.127 e. The number of halogens is 2. The lowest BCUT2D eigenvalue weighted by molar-refractivity contribution is 0.206. The molecule has 19 heavy (non-hydrogen) atoms. The molecule has 1 aliphatic heterocycles. The Hall–Kier alpha value is -0.250. The van der Waals surface area contributed by atoms with Gasteiger partial charge in [0.1, 0.15) is 5.75 Å². The summed E-state index contributed by atoms with van der Waals surface area (Å²) in [4.78, 5) is 3.13. The summed E-state index contributed by atoms with van der Waals surface area (Å²) in [5, 5.41) is 0.830. The van der Waals surface area contributed by atoms with E-state index >= 15 is 0 Å². The van der Waals surface area contributed by atoms with Gasteiger partial charge in [0.05, 0.1) is 6.61 Å². The summed E-state index contributed by atoms with van der Waals surface area (Å²) in [5.41, 5.74) is 2.50. The molecule has 1 aromatic carbocycles. The highest BCUT2D eigenvalue weighted by atomic mass is 79.9. The first-order valence-electron chi connectivity index (χ1n) is 6.88. The number of alkyl halides is 1. The van der Waals surface area contributed by atoms with Gasteiger partial charge in [-0.3, -0.25) is 0 Å². The maximum atomic E-state index is 6.20. The van der Waals surface area contributed by atoms with Gasteiger partial charge in [-0.05, 0) is 43.5 Å². The van der Waals surface area contributed by atoms with Crippen LogP contribution in [0, 0.1) is 5.92 Å². The van der Waals surface area contributed by atoms with Crippen molar-refractivity contribution in [1.29, 1.82) is 0 Å². The largest absolute Gasteiger partial charge is 0.493 e. The topological polar surface area (TPSA) is 12.5 Å². The van der Waals surface area contributed by atoms with Gasteiger partial charge in [0.2, 0.25) is 0 Å². The van der Waals surface area contributed by atoms with Crippen LogP contribution in [0.15, 0.2) is 12.1 Å². The number of ether oxygens (including phenoxy) is 1. The molecule has 1 fully saturated rings. The molecule has 0 spiro atoms. The molecule has 3 rings (SSSR count). The van der Waals surface area contributed by atoms with E-state index in [-0.39, 0.29) is 0 Å². The molecule has 0 bridgehead atoms. The fraction of sp³-hybridized carbons (Fsp3) is 0.600. The summed E-state index contributed by atoms with van der Waals surface area (Å²) in [6, 6.07) is 4.09. The molecule has 104 valence electrons. The van der Waals surface area contributed by atoms with Crippen molar-refractivity contribution >= 4 is 27.5 Å². The normalized spacial score (nSPS) is 25.1. The monoisotopic (exact) mass is 343 g/mol.